The zero-order valence-corrected chi connectivity index (χ0v) is 15.0. The number of nitrogens with zero attached hydrogens (tertiary/aromatic N) is 1. The number of benzene rings is 2. The van der Waals surface area contributed by atoms with Crippen LogP contribution in [0, 0.1) is 6.92 Å². The molecule has 0 saturated heterocycles. The van der Waals surface area contributed by atoms with E-state index < -0.39 is 0 Å². The lowest BCUT2D eigenvalue weighted by molar-refractivity contribution is -0.120. The third kappa shape index (κ3) is 4.51. The van der Waals surface area contributed by atoms with Crippen molar-refractivity contribution in [3.05, 3.63) is 71.8 Å². The Bertz CT molecular complexity index is 855. The van der Waals surface area contributed by atoms with Crippen LogP contribution in [0.25, 0.3) is 11.3 Å². The summed E-state index contributed by atoms with van der Waals surface area (Å²) in [4.78, 5) is 16.6. The smallest absolute Gasteiger partial charge is 0.224 e. The van der Waals surface area contributed by atoms with Crippen LogP contribution in [0.5, 0.6) is 5.75 Å². The normalized spacial score (nSPS) is 10.5. The molecule has 134 valence electrons. The largest absolute Gasteiger partial charge is 0.497 e. The van der Waals surface area contributed by atoms with Crippen molar-refractivity contribution in [1.29, 1.82) is 0 Å². The van der Waals surface area contributed by atoms with Gasteiger partial charge in [0, 0.05) is 25.5 Å². The predicted octanol–water partition coefficient (Wildman–Crippen LogP) is 3.56. The minimum absolute atomic E-state index is 0.0207. The maximum absolute atomic E-state index is 12.1. The van der Waals surface area contributed by atoms with Gasteiger partial charge in [-0.15, -0.1) is 0 Å². The molecule has 0 saturated carbocycles. The van der Waals surface area contributed by atoms with E-state index in [4.69, 9.17) is 9.15 Å². The van der Waals surface area contributed by atoms with Crippen LogP contribution in [0.1, 0.15) is 17.2 Å². The number of rotatable bonds is 7. The number of amides is 1. The summed E-state index contributed by atoms with van der Waals surface area (Å²) in [5.74, 6) is 2.18. The summed E-state index contributed by atoms with van der Waals surface area (Å²) in [7, 11) is 1.62. The Morgan fingerprint density at radius 2 is 1.85 bits per heavy atom. The number of aryl methyl sites for hydroxylation is 1. The number of oxazole rings is 1. The molecule has 0 aliphatic heterocycles. The number of nitrogens with one attached hydrogen (secondary N) is 1. The van der Waals surface area contributed by atoms with E-state index in [0.717, 1.165) is 28.3 Å². The summed E-state index contributed by atoms with van der Waals surface area (Å²) in [6.45, 7) is 2.33. The minimum atomic E-state index is -0.0207. The topological polar surface area (TPSA) is 64.4 Å². The highest BCUT2D eigenvalue weighted by Gasteiger charge is 2.13. The van der Waals surface area contributed by atoms with Gasteiger partial charge in [0.1, 0.15) is 17.2 Å². The Labute approximate surface area is 153 Å². The summed E-state index contributed by atoms with van der Waals surface area (Å²) in [6, 6.07) is 17.4. The van der Waals surface area contributed by atoms with Gasteiger partial charge in [-0.3, -0.25) is 4.79 Å². The molecular weight excluding hydrogens is 328 g/mol. The zero-order valence-electron chi connectivity index (χ0n) is 15.0. The number of hydrogen-bond donors (Lipinski definition) is 1. The summed E-state index contributed by atoms with van der Waals surface area (Å²) in [5, 5.41) is 2.94. The van der Waals surface area contributed by atoms with Crippen LogP contribution >= 0.6 is 0 Å². The number of aromatic nitrogens is 1. The average molecular weight is 350 g/mol. The van der Waals surface area contributed by atoms with Gasteiger partial charge in [-0.2, -0.15) is 0 Å². The lowest BCUT2D eigenvalue weighted by Crippen LogP contribution is -2.27. The van der Waals surface area contributed by atoms with Gasteiger partial charge in [0.05, 0.1) is 13.5 Å². The van der Waals surface area contributed by atoms with Crippen LogP contribution in [0.3, 0.4) is 0 Å². The SMILES string of the molecule is COc1ccc(CC(=O)NCCc2oc(C)nc2-c2ccccc2)cc1. The molecule has 3 rings (SSSR count). The van der Waals surface area contributed by atoms with Crippen LogP contribution < -0.4 is 10.1 Å². The van der Waals surface area contributed by atoms with E-state index in [9.17, 15) is 4.79 Å². The van der Waals surface area contributed by atoms with Crippen LogP contribution in [0.2, 0.25) is 0 Å². The Morgan fingerprint density at radius 3 is 2.54 bits per heavy atom. The molecule has 5 heteroatoms. The molecule has 1 amide bonds. The Balaban J connectivity index is 1.55. The highest BCUT2D eigenvalue weighted by Crippen LogP contribution is 2.23. The van der Waals surface area contributed by atoms with Crippen molar-refractivity contribution in [3.8, 4) is 17.0 Å². The second-order valence-corrected chi connectivity index (χ2v) is 6.00. The van der Waals surface area contributed by atoms with Gasteiger partial charge in [0.15, 0.2) is 5.89 Å². The van der Waals surface area contributed by atoms with Crippen molar-refractivity contribution < 1.29 is 13.9 Å². The third-order valence-corrected chi connectivity index (χ3v) is 4.05. The molecule has 1 aromatic heterocycles. The molecule has 3 aromatic rings. The molecular formula is C21H22N2O3. The van der Waals surface area contributed by atoms with Crippen LogP contribution in [-0.2, 0) is 17.6 Å². The third-order valence-electron chi connectivity index (χ3n) is 4.05. The van der Waals surface area contributed by atoms with E-state index in [-0.39, 0.29) is 5.91 Å². The second kappa shape index (κ2) is 8.34. The molecule has 5 nitrogen and oxygen atoms in total. The van der Waals surface area contributed by atoms with E-state index in [1.54, 1.807) is 7.11 Å². The van der Waals surface area contributed by atoms with Crippen LogP contribution in [-0.4, -0.2) is 24.5 Å². The first kappa shape index (κ1) is 17.7. The molecule has 26 heavy (non-hydrogen) atoms. The summed E-state index contributed by atoms with van der Waals surface area (Å²) >= 11 is 0. The van der Waals surface area contributed by atoms with E-state index in [2.05, 4.69) is 10.3 Å². The number of carbonyl (C=O) groups excluding carboxylic acids is 1. The minimum Gasteiger partial charge on any atom is -0.497 e. The number of ether oxygens (including phenoxy) is 1. The lowest BCUT2D eigenvalue weighted by Gasteiger charge is -2.06. The fourth-order valence-corrected chi connectivity index (χ4v) is 2.77. The van der Waals surface area contributed by atoms with Crippen molar-refractivity contribution >= 4 is 5.91 Å². The monoisotopic (exact) mass is 350 g/mol. The van der Waals surface area contributed by atoms with Crippen molar-refractivity contribution in [3.63, 3.8) is 0 Å². The number of methoxy groups -OCH3 is 1. The maximum Gasteiger partial charge on any atom is 0.224 e. The first-order valence-electron chi connectivity index (χ1n) is 8.57. The lowest BCUT2D eigenvalue weighted by atomic mass is 10.1. The predicted molar refractivity (Wildman–Crippen MR) is 100 cm³/mol. The molecule has 0 bridgehead atoms. The standard InChI is InChI=1S/C21H22N2O3/c1-15-23-21(17-6-4-3-5-7-17)19(26-15)12-13-22-20(24)14-16-8-10-18(25-2)11-9-16/h3-11H,12-14H2,1-2H3,(H,22,24). The van der Waals surface area contributed by atoms with Gasteiger partial charge < -0.3 is 14.5 Å². The quantitative estimate of drug-likeness (QED) is 0.708. The second-order valence-electron chi connectivity index (χ2n) is 6.00. The molecule has 0 fully saturated rings. The molecule has 0 unspecified atom stereocenters. The first-order chi connectivity index (χ1) is 12.7. The molecule has 0 aliphatic carbocycles. The van der Waals surface area contributed by atoms with Gasteiger partial charge in [0.25, 0.3) is 0 Å². The molecule has 0 atom stereocenters. The van der Waals surface area contributed by atoms with Crippen molar-refractivity contribution in [1.82, 2.24) is 10.3 Å². The summed E-state index contributed by atoms with van der Waals surface area (Å²) in [6.07, 6.45) is 0.935. The maximum atomic E-state index is 12.1. The summed E-state index contributed by atoms with van der Waals surface area (Å²) < 4.78 is 10.8. The molecule has 0 radical (unpaired) electrons. The van der Waals surface area contributed by atoms with Crippen molar-refractivity contribution in [2.75, 3.05) is 13.7 Å². The molecule has 2 aromatic carbocycles. The van der Waals surface area contributed by atoms with E-state index in [1.807, 2.05) is 61.5 Å². The number of carbonyl (C=O) groups is 1. The highest BCUT2D eigenvalue weighted by atomic mass is 16.5. The summed E-state index contributed by atoms with van der Waals surface area (Å²) in [5.41, 5.74) is 2.81. The highest BCUT2D eigenvalue weighted by molar-refractivity contribution is 5.78. The van der Waals surface area contributed by atoms with E-state index in [0.29, 0.717) is 25.3 Å². The molecule has 1 N–H and O–H groups in total. The fraction of sp³-hybridized carbons (Fsp3) is 0.238. The van der Waals surface area contributed by atoms with Crippen molar-refractivity contribution in [2.45, 2.75) is 19.8 Å². The Kier molecular flexibility index (Phi) is 5.69. The van der Waals surface area contributed by atoms with Crippen LogP contribution in [0.4, 0.5) is 0 Å². The average Bonchev–Trinajstić information content (AvgIpc) is 3.03. The van der Waals surface area contributed by atoms with Gasteiger partial charge in [-0.25, -0.2) is 4.98 Å². The number of hydrogen-bond acceptors (Lipinski definition) is 4. The molecule has 1 heterocycles. The van der Waals surface area contributed by atoms with Crippen LogP contribution in [0.15, 0.2) is 59.0 Å². The van der Waals surface area contributed by atoms with E-state index in [1.165, 1.54) is 0 Å². The van der Waals surface area contributed by atoms with Gasteiger partial charge >= 0.3 is 0 Å². The molecule has 0 aliphatic rings. The van der Waals surface area contributed by atoms with Gasteiger partial charge in [-0.05, 0) is 17.7 Å². The Hall–Kier alpha value is -3.08. The van der Waals surface area contributed by atoms with Gasteiger partial charge in [-0.1, -0.05) is 42.5 Å². The molecule has 0 spiro atoms. The van der Waals surface area contributed by atoms with E-state index >= 15 is 0 Å². The Morgan fingerprint density at radius 1 is 1.12 bits per heavy atom. The van der Waals surface area contributed by atoms with Crippen molar-refractivity contribution in [2.24, 2.45) is 0 Å². The van der Waals surface area contributed by atoms with Gasteiger partial charge in [0.2, 0.25) is 5.91 Å². The zero-order chi connectivity index (χ0) is 18.4. The first-order valence-corrected chi connectivity index (χ1v) is 8.57. The fourth-order valence-electron chi connectivity index (χ4n) is 2.77.